The predicted octanol–water partition coefficient (Wildman–Crippen LogP) is 2.92. The molecule has 6 heteroatoms. The van der Waals surface area contributed by atoms with Gasteiger partial charge in [-0.1, -0.05) is 6.07 Å². The van der Waals surface area contributed by atoms with E-state index >= 15 is 0 Å². The van der Waals surface area contributed by atoms with E-state index in [0.717, 1.165) is 37.3 Å². The molecule has 1 aliphatic rings. The Labute approximate surface area is 135 Å². The Kier molecular flexibility index (Phi) is 4.32. The van der Waals surface area contributed by atoms with E-state index in [1.165, 1.54) is 17.9 Å². The van der Waals surface area contributed by atoms with Crippen molar-refractivity contribution in [1.82, 2.24) is 10.2 Å². The Hall–Kier alpha value is -2.37. The van der Waals surface area contributed by atoms with Crippen molar-refractivity contribution >= 4 is 17.4 Å². The average Bonchev–Trinajstić information content (AvgIpc) is 3.08. The van der Waals surface area contributed by atoms with Crippen molar-refractivity contribution < 1.29 is 9.18 Å². The number of benzene rings is 1. The summed E-state index contributed by atoms with van der Waals surface area (Å²) in [5.41, 5.74) is 1.33. The highest BCUT2D eigenvalue weighted by Gasteiger charge is 2.24. The van der Waals surface area contributed by atoms with Gasteiger partial charge in [0.15, 0.2) is 0 Å². The fraction of sp³-hybridized carbons (Fsp3) is 0.412. The molecule has 0 atom stereocenters. The predicted molar refractivity (Wildman–Crippen MR) is 88.3 cm³/mol. The first-order valence-electron chi connectivity index (χ1n) is 7.84. The van der Waals surface area contributed by atoms with Crippen molar-refractivity contribution in [2.45, 2.75) is 25.7 Å². The summed E-state index contributed by atoms with van der Waals surface area (Å²) in [7, 11) is 1.65. The zero-order valence-electron chi connectivity index (χ0n) is 13.4. The molecule has 1 aromatic heterocycles. The summed E-state index contributed by atoms with van der Waals surface area (Å²) in [5.74, 6) is 0.822. The van der Waals surface area contributed by atoms with Crippen LogP contribution in [-0.2, 0) is 4.79 Å². The summed E-state index contributed by atoms with van der Waals surface area (Å²) in [5, 5.41) is 7.01. The molecule has 1 N–H and O–H groups in total. The maximum atomic E-state index is 14.5. The Bertz CT molecular complexity index is 678. The first-order valence-corrected chi connectivity index (χ1v) is 7.84. The monoisotopic (exact) mass is 316 g/mol. The second-order valence-electron chi connectivity index (χ2n) is 5.98. The largest absolute Gasteiger partial charge is 0.355 e. The highest BCUT2D eigenvalue weighted by Crippen LogP contribution is 2.32. The van der Waals surface area contributed by atoms with Gasteiger partial charge in [0, 0.05) is 45.0 Å². The van der Waals surface area contributed by atoms with E-state index < -0.39 is 0 Å². The van der Waals surface area contributed by atoms with E-state index in [-0.39, 0.29) is 17.6 Å². The number of carbonyl (C=O) groups excluding carboxylic acids is 1. The molecule has 1 amide bonds. The summed E-state index contributed by atoms with van der Waals surface area (Å²) in [6, 6.07) is 7.04. The summed E-state index contributed by atoms with van der Waals surface area (Å²) in [6.45, 7) is 3.20. The number of anilines is 2. The third-order valence-electron chi connectivity index (χ3n) is 4.59. The number of aromatic nitrogens is 2. The molecule has 0 radical (unpaired) electrons. The number of aromatic amines is 1. The second-order valence-corrected chi connectivity index (χ2v) is 5.98. The minimum Gasteiger partial charge on any atom is -0.355 e. The second kappa shape index (κ2) is 6.40. The smallest absolute Gasteiger partial charge is 0.223 e. The number of piperidine rings is 1. The zero-order valence-corrected chi connectivity index (χ0v) is 13.4. The molecule has 0 aliphatic carbocycles. The fourth-order valence-corrected chi connectivity index (χ4v) is 3.09. The Morgan fingerprint density at radius 2 is 2.09 bits per heavy atom. The lowest BCUT2D eigenvalue weighted by atomic mass is 9.89. The molecule has 0 saturated carbocycles. The number of hydrogen-bond acceptors (Lipinski definition) is 3. The minimum atomic E-state index is -0.228. The van der Waals surface area contributed by atoms with Crippen molar-refractivity contribution in [2.75, 3.05) is 29.9 Å². The Morgan fingerprint density at radius 1 is 1.35 bits per heavy atom. The molecule has 2 heterocycles. The fourth-order valence-electron chi connectivity index (χ4n) is 3.09. The first-order chi connectivity index (χ1) is 11.1. The van der Waals surface area contributed by atoms with Crippen molar-refractivity contribution in [3.63, 3.8) is 0 Å². The summed E-state index contributed by atoms with van der Waals surface area (Å²) in [4.78, 5) is 15.0. The van der Waals surface area contributed by atoms with Crippen molar-refractivity contribution in [3.8, 4) is 0 Å². The maximum absolute atomic E-state index is 14.5. The van der Waals surface area contributed by atoms with Gasteiger partial charge in [-0.2, -0.15) is 5.10 Å². The van der Waals surface area contributed by atoms with Crippen LogP contribution in [0.1, 0.15) is 31.2 Å². The lowest BCUT2D eigenvalue weighted by molar-refractivity contribution is -0.116. The molecule has 122 valence electrons. The molecule has 23 heavy (non-hydrogen) atoms. The number of carbonyl (C=O) groups is 1. The lowest BCUT2D eigenvalue weighted by Gasteiger charge is -2.32. The van der Waals surface area contributed by atoms with Crippen LogP contribution in [0.25, 0.3) is 0 Å². The molecule has 5 nitrogen and oxygen atoms in total. The van der Waals surface area contributed by atoms with Crippen LogP contribution in [0, 0.1) is 5.82 Å². The number of halogens is 1. The van der Waals surface area contributed by atoms with Crippen LogP contribution in [-0.4, -0.2) is 36.2 Å². The van der Waals surface area contributed by atoms with E-state index in [4.69, 9.17) is 0 Å². The molecule has 1 aliphatic heterocycles. The molecule has 0 bridgehead atoms. The minimum absolute atomic E-state index is 0.107. The van der Waals surface area contributed by atoms with Gasteiger partial charge in [-0.05, 0) is 36.5 Å². The first kappa shape index (κ1) is 15.5. The van der Waals surface area contributed by atoms with Crippen LogP contribution in [0.3, 0.4) is 0 Å². The summed E-state index contributed by atoms with van der Waals surface area (Å²) < 4.78 is 14.5. The topological polar surface area (TPSA) is 52.2 Å². The standard InChI is InChI=1S/C17H21FN4O/c1-12(23)21(2)14-3-4-15(16(18)11-14)13-6-9-22(10-7-13)17-5-8-19-20-17/h3-5,8,11,13H,6-7,9-10H2,1-2H3,(H,19,20). The van der Waals surface area contributed by atoms with Gasteiger partial charge >= 0.3 is 0 Å². The summed E-state index contributed by atoms with van der Waals surface area (Å²) in [6.07, 6.45) is 3.60. The van der Waals surface area contributed by atoms with Gasteiger partial charge in [-0.25, -0.2) is 4.39 Å². The highest BCUT2D eigenvalue weighted by atomic mass is 19.1. The average molecular weight is 316 g/mol. The van der Waals surface area contributed by atoms with Gasteiger partial charge < -0.3 is 9.80 Å². The lowest BCUT2D eigenvalue weighted by Crippen LogP contribution is -2.33. The van der Waals surface area contributed by atoms with E-state index in [0.29, 0.717) is 5.69 Å². The molecule has 1 saturated heterocycles. The third-order valence-corrected chi connectivity index (χ3v) is 4.59. The van der Waals surface area contributed by atoms with Gasteiger partial charge in [0.2, 0.25) is 5.91 Å². The van der Waals surface area contributed by atoms with Crippen LogP contribution in [0.2, 0.25) is 0 Å². The number of nitrogens with one attached hydrogen (secondary N) is 1. The van der Waals surface area contributed by atoms with Crippen LogP contribution in [0.15, 0.2) is 30.5 Å². The van der Waals surface area contributed by atoms with E-state index in [1.807, 2.05) is 24.4 Å². The van der Waals surface area contributed by atoms with Crippen molar-refractivity contribution in [3.05, 3.63) is 41.8 Å². The van der Waals surface area contributed by atoms with E-state index in [1.54, 1.807) is 7.05 Å². The third kappa shape index (κ3) is 3.21. The van der Waals surface area contributed by atoms with E-state index in [9.17, 15) is 9.18 Å². The van der Waals surface area contributed by atoms with Gasteiger partial charge in [0.25, 0.3) is 0 Å². The number of amides is 1. The quantitative estimate of drug-likeness (QED) is 0.947. The number of H-pyrrole nitrogens is 1. The molecule has 2 aromatic rings. The summed E-state index contributed by atoms with van der Waals surface area (Å²) >= 11 is 0. The van der Waals surface area contributed by atoms with Crippen LogP contribution >= 0.6 is 0 Å². The SMILES string of the molecule is CC(=O)N(C)c1ccc(C2CCN(c3cc[nH]n3)CC2)c(F)c1. The number of rotatable bonds is 3. The van der Waals surface area contributed by atoms with Crippen molar-refractivity contribution in [1.29, 1.82) is 0 Å². The molecular formula is C17H21FN4O. The number of nitrogens with zero attached hydrogens (tertiary/aromatic N) is 3. The normalized spacial score (nSPS) is 15.7. The molecule has 0 unspecified atom stereocenters. The van der Waals surface area contributed by atoms with Gasteiger partial charge in [0.1, 0.15) is 11.6 Å². The Morgan fingerprint density at radius 3 is 2.65 bits per heavy atom. The molecule has 1 fully saturated rings. The van der Waals surface area contributed by atoms with Gasteiger partial charge in [0.05, 0.1) is 0 Å². The van der Waals surface area contributed by atoms with Crippen molar-refractivity contribution in [2.24, 2.45) is 0 Å². The molecular weight excluding hydrogens is 295 g/mol. The van der Waals surface area contributed by atoms with E-state index in [2.05, 4.69) is 15.1 Å². The highest BCUT2D eigenvalue weighted by molar-refractivity contribution is 5.90. The number of hydrogen-bond donors (Lipinski definition) is 1. The maximum Gasteiger partial charge on any atom is 0.223 e. The Balaban J connectivity index is 1.70. The zero-order chi connectivity index (χ0) is 16.4. The van der Waals surface area contributed by atoms with Crippen LogP contribution < -0.4 is 9.80 Å². The molecule has 3 rings (SSSR count). The molecule has 1 aromatic carbocycles. The van der Waals surface area contributed by atoms with Gasteiger partial charge in [-0.15, -0.1) is 0 Å². The van der Waals surface area contributed by atoms with Crippen LogP contribution in [0.5, 0.6) is 0 Å². The van der Waals surface area contributed by atoms with Crippen LogP contribution in [0.4, 0.5) is 15.9 Å². The molecule has 0 spiro atoms. The van der Waals surface area contributed by atoms with Gasteiger partial charge in [-0.3, -0.25) is 9.89 Å².